The Morgan fingerprint density at radius 1 is 1.14 bits per heavy atom. The van der Waals surface area contributed by atoms with Gasteiger partial charge >= 0.3 is 6.09 Å². The summed E-state index contributed by atoms with van der Waals surface area (Å²) in [6, 6.07) is 20.0. The number of piperidine rings is 1. The highest BCUT2D eigenvalue weighted by atomic mass is 16.6. The van der Waals surface area contributed by atoms with E-state index in [4.69, 9.17) is 9.15 Å². The van der Waals surface area contributed by atoms with E-state index in [2.05, 4.69) is 22.4 Å². The van der Waals surface area contributed by atoms with Gasteiger partial charge in [0.25, 0.3) is 0 Å². The molecule has 0 radical (unpaired) electrons. The number of amides is 1. The predicted molar refractivity (Wildman–Crippen MR) is 107 cm³/mol. The number of nitrogens with one attached hydrogen (secondary N) is 1. The molecule has 1 N–H and O–H groups in total. The zero-order valence-electron chi connectivity index (χ0n) is 16.2. The van der Waals surface area contributed by atoms with Crippen molar-refractivity contribution >= 4 is 6.09 Å². The van der Waals surface area contributed by atoms with Crippen LogP contribution in [0, 0.1) is 6.92 Å². The van der Waals surface area contributed by atoms with E-state index >= 15 is 0 Å². The number of hydrogen-bond donors (Lipinski definition) is 1. The number of rotatable bonds is 4. The van der Waals surface area contributed by atoms with Gasteiger partial charge in [0.2, 0.25) is 0 Å². The number of carbonyl (C=O) groups is 1. The van der Waals surface area contributed by atoms with Crippen LogP contribution in [0.5, 0.6) is 0 Å². The molecule has 3 heterocycles. The van der Waals surface area contributed by atoms with E-state index in [1.165, 1.54) is 0 Å². The molecule has 1 amide bonds. The molecule has 2 fully saturated rings. The summed E-state index contributed by atoms with van der Waals surface area (Å²) in [6.07, 6.45) is 1.06. The molecule has 2 saturated heterocycles. The molecule has 148 valence electrons. The second-order valence-corrected chi connectivity index (χ2v) is 7.71. The van der Waals surface area contributed by atoms with Crippen LogP contribution in [0.2, 0.25) is 0 Å². The summed E-state index contributed by atoms with van der Waals surface area (Å²) in [6.45, 7) is 3.65. The fourth-order valence-electron chi connectivity index (χ4n) is 4.63. The second kappa shape index (κ2) is 7.04. The van der Waals surface area contributed by atoms with Crippen molar-refractivity contribution in [1.29, 1.82) is 0 Å². The third kappa shape index (κ3) is 2.91. The first-order chi connectivity index (χ1) is 14.2. The van der Waals surface area contributed by atoms with Crippen molar-refractivity contribution in [2.45, 2.75) is 31.0 Å². The van der Waals surface area contributed by atoms with Crippen LogP contribution in [0.4, 0.5) is 4.79 Å². The van der Waals surface area contributed by atoms with Crippen molar-refractivity contribution in [2.24, 2.45) is 0 Å². The Balaban J connectivity index is 1.58. The zero-order valence-corrected chi connectivity index (χ0v) is 16.2. The van der Waals surface area contributed by atoms with Crippen molar-refractivity contribution in [2.75, 3.05) is 13.1 Å². The highest BCUT2D eigenvalue weighted by Crippen LogP contribution is 2.43. The SMILES string of the molecule is Cc1nc(C2(c3ccccc3)CNCC3C2OC(=O)N3Cc2ccccc2)co1. The van der Waals surface area contributed by atoms with Crippen LogP contribution in [-0.4, -0.2) is 41.2 Å². The summed E-state index contributed by atoms with van der Waals surface area (Å²) in [5.41, 5.74) is 2.32. The van der Waals surface area contributed by atoms with Crippen LogP contribution in [-0.2, 0) is 16.7 Å². The van der Waals surface area contributed by atoms with Crippen LogP contribution >= 0.6 is 0 Å². The van der Waals surface area contributed by atoms with Crippen molar-refractivity contribution < 1.29 is 13.9 Å². The van der Waals surface area contributed by atoms with Crippen molar-refractivity contribution in [3.63, 3.8) is 0 Å². The zero-order chi connectivity index (χ0) is 19.8. The third-order valence-corrected chi connectivity index (χ3v) is 6.02. The Bertz CT molecular complexity index is 1000. The predicted octanol–water partition coefficient (Wildman–Crippen LogP) is 3.26. The first kappa shape index (κ1) is 17.9. The van der Waals surface area contributed by atoms with E-state index in [1.807, 2.05) is 60.4 Å². The molecule has 6 nitrogen and oxygen atoms in total. The van der Waals surface area contributed by atoms with E-state index in [0.29, 0.717) is 25.5 Å². The molecular weight excluding hydrogens is 366 g/mol. The number of fused-ring (bicyclic) bond motifs is 1. The van der Waals surface area contributed by atoms with Crippen molar-refractivity contribution in [1.82, 2.24) is 15.2 Å². The van der Waals surface area contributed by atoms with Gasteiger partial charge in [-0.2, -0.15) is 0 Å². The van der Waals surface area contributed by atoms with Gasteiger partial charge in [-0.05, 0) is 11.1 Å². The third-order valence-electron chi connectivity index (χ3n) is 6.02. The molecule has 2 aliphatic rings. The average Bonchev–Trinajstić information content (AvgIpc) is 3.33. The largest absolute Gasteiger partial charge is 0.449 e. The lowest BCUT2D eigenvalue weighted by molar-refractivity contribution is 0.0672. The van der Waals surface area contributed by atoms with E-state index in [9.17, 15) is 4.79 Å². The van der Waals surface area contributed by atoms with Crippen LogP contribution in [0.1, 0.15) is 22.7 Å². The molecule has 29 heavy (non-hydrogen) atoms. The molecule has 2 aliphatic heterocycles. The first-order valence-electron chi connectivity index (χ1n) is 9.88. The minimum Gasteiger partial charge on any atom is -0.449 e. The summed E-state index contributed by atoms with van der Waals surface area (Å²) in [4.78, 5) is 19.4. The summed E-state index contributed by atoms with van der Waals surface area (Å²) in [5.74, 6) is 0.600. The number of benzene rings is 2. The topological polar surface area (TPSA) is 67.6 Å². The van der Waals surface area contributed by atoms with Gasteiger partial charge in [-0.25, -0.2) is 9.78 Å². The number of aryl methyl sites for hydroxylation is 1. The number of aromatic nitrogens is 1. The number of nitrogens with zero attached hydrogens (tertiary/aromatic N) is 2. The van der Waals surface area contributed by atoms with Gasteiger partial charge in [-0.1, -0.05) is 60.7 Å². The quantitative estimate of drug-likeness (QED) is 0.742. The van der Waals surface area contributed by atoms with Gasteiger partial charge in [-0.3, -0.25) is 4.90 Å². The highest BCUT2D eigenvalue weighted by Gasteiger charge is 2.58. The van der Waals surface area contributed by atoms with E-state index in [-0.39, 0.29) is 18.2 Å². The Labute approximate surface area is 169 Å². The Morgan fingerprint density at radius 2 is 1.86 bits per heavy atom. The summed E-state index contributed by atoms with van der Waals surface area (Å²) in [5, 5.41) is 3.53. The maximum absolute atomic E-state index is 12.9. The Morgan fingerprint density at radius 3 is 2.55 bits per heavy atom. The molecule has 3 aromatic rings. The Hall–Kier alpha value is -3.12. The van der Waals surface area contributed by atoms with Gasteiger partial charge in [0.1, 0.15) is 12.4 Å². The fraction of sp³-hybridized carbons (Fsp3) is 0.304. The molecule has 0 aliphatic carbocycles. The molecular formula is C23H23N3O3. The number of hydrogen-bond acceptors (Lipinski definition) is 5. The molecule has 0 saturated carbocycles. The van der Waals surface area contributed by atoms with Crippen LogP contribution < -0.4 is 5.32 Å². The number of oxazole rings is 1. The lowest BCUT2D eigenvalue weighted by Crippen LogP contribution is -2.62. The van der Waals surface area contributed by atoms with Crippen molar-refractivity contribution in [3.8, 4) is 0 Å². The molecule has 5 rings (SSSR count). The molecule has 3 atom stereocenters. The second-order valence-electron chi connectivity index (χ2n) is 7.71. The maximum Gasteiger partial charge on any atom is 0.410 e. The minimum atomic E-state index is -0.608. The van der Waals surface area contributed by atoms with Crippen molar-refractivity contribution in [3.05, 3.63) is 89.6 Å². The summed E-state index contributed by atoms with van der Waals surface area (Å²) in [7, 11) is 0. The normalized spacial score (nSPS) is 26.2. The molecule has 3 unspecified atom stereocenters. The minimum absolute atomic E-state index is 0.103. The monoisotopic (exact) mass is 389 g/mol. The molecule has 6 heteroatoms. The van der Waals surface area contributed by atoms with Crippen LogP contribution in [0.25, 0.3) is 0 Å². The lowest BCUT2D eigenvalue weighted by atomic mass is 9.69. The lowest BCUT2D eigenvalue weighted by Gasteiger charge is -2.44. The number of ether oxygens (including phenoxy) is 1. The van der Waals surface area contributed by atoms with E-state index in [1.54, 1.807) is 6.26 Å². The number of carbonyl (C=O) groups excluding carboxylic acids is 1. The van der Waals surface area contributed by atoms with E-state index in [0.717, 1.165) is 16.8 Å². The van der Waals surface area contributed by atoms with Crippen LogP contribution in [0.15, 0.2) is 71.3 Å². The summed E-state index contributed by atoms with van der Waals surface area (Å²) >= 11 is 0. The molecule has 0 spiro atoms. The Kier molecular flexibility index (Phi) is 4.36. The fourth-order valence-corrected chi connectivity index (χ4v) is 4.63. The molecule has 0 bridgehead atoms. The maximum atomic E-state index is 12.9. The van der Waals surface area contributed by atoms with Gasteiger partial charge in [0.05, 0.1) is 17.2 Å². The standard InChI is InChI=1S/C23H23N3O3/c1-16-25-20(14-28-16)23(18-10-6-3-7-11-18)15-24-12-19-21(23)29-22(27)26(19)13-17-8-4-2-5-9-17/h2-11,14,19,21,24H,12-13,15H2,1H3. The highest BCUT2D eigenvalue weighted by molar-refractivity contribution is 5.72. The van der Waals surface area contributed by atoms with E-state index < -0.39 is 5.41 Å². The molecule has 1 aromatic heterocycles. The average molecular weight is 389 g/mol. The van der Waals surface area contributed by atoms with Gasteiger partial charge < -0.3 is 14.5 Å². The molecule has 2 aromatic carbocycles. The van der Waals surface area contributed by atoms with Crippen LogP contribution in [0.3, 0.4) is 0 Å². The van der Waals surface area contributed by atoms with Gasteiger partial charge in [0, 0.05) is 26.6 Å². The van der Waals surface area contributed by atoms with Gasteiger partial charge in [-0.15, -0.1) is 0 Å². The smallest absolute Gasteiger partial charge is 0.410 e. The first-order valence-corrected chi connectivity index (χ1v) is 9.88. The van der Waals surface area contributed by atoms with Gasteiger partial charge in [0.15, 0.2) is 5.89 Å². The summed E-state index contributed by atoms with van der Waals surface area (Å²) < 4.78 is 11.6.